The number of ether oxygens (including phenoxy) is 1. The van der Waals surface area contributed by atoms with Gasteiger partial charge in [-0.05, 0) is 66.6 Å². The molecule has 0 saturated heterocycles. The van der Waals surface area contributed by atoms with E-state index >= 15 is 0 Å². The first kappa shape index (κ1) is 21.8. The first-order chi connectivity index (χ1) is 14.1. The van der Waals surface area contributed by atoms with E-state index in [9.17, 15) is 14.0 Å². The minimum Gasteiger partial charge on any atom is -0.496 e. The first-order valence-corrected chi connectivity index (χ1v) is 10.2. The van der Waals surface area contributed by atoms with Crippen molar-refractivity contribution in [2.24, 2.45) is 5.41 Å². The average Bonchev–Trinajstić information content (AvgIpc) is 3.51. The summed E-state index contributed by atoms with van der Waals surface area (Å²) < 4.78 is 20.1. The minimum absolute atomic E-state index is 0. The van der Waals surface area contributed by atoms with E-state index in [0.29, 0.717) is 34.5 Å². The van der Waals surface area contributed by atoms with Crippen LogP contribution in [0.25, 0.3) is 11.1 Å². The third-order valence-corrected chi connectivity index (χ3v) is 5.05. The van der Waals surface area contributed by atoms with Crippen LogP contribution < -0.4 is 15.4 Å². The number of carbonyl (C=O) groups is 2. The largest absolute Gasteiger partial charge is 0.496 e. The van der Waals surface area contributed by atoms with Crippen molar-refractivity contribution in [3.63, 3.8) is 0 Å². The van der Waals surface area contributed by atoms with Gasteiger partial charge in [-0.1, -0.05) is 20.8 Å². The van der Waals surface area contributed by atoms with Gasteiger partial charge in [0.05, 0.1) is 7.11 Å². The third-order valence-electron chi connectivity index (χ3n) is 5.05. The maximum atomic E-state index is 14.6. The molecule has 1 aliphatic carbocycles. The summed E-state index contributed by atoms with van der Waals surface area (Å²) in [6.45, 7) is 8.33. The van der Waals surface area contributed by atoms with Crippen LogP contribution in [0.5, 0.6) is 5.75 Å². The lowest BCUT2D eigenvalue weighted by molar-refractivity contribution is 0.0935. The number of halogens is 1. The van der Waals surface area contributed by atoms with Crippen LogP contribution in [0.2, 0.25) is 0 Å². The SMILES string of the molecule is COc1cc(C(=O)NCC(C)(C)C)ccc1-c1cc(C(=O)NC2CC2)cc(F)c1C.[HH].[HH]. The van der Waals surface area contributed by atoms with E-state index in [4.69, 9.17) is 4.74 Å². The number of benzene rings is 2. The molecule has 0 spiro atoms. The van der Waals surface area contributed by atoms with E-state index in [1.807, 2.05) is 20.8 Å². The zero-order valence-corrected chi connectivity index (χ0v) is 18.2. The Hall–Kier alpha value is -2.89. The van der Waals surface area contributed by atoms with E-state index in [2.05, 4.69) is 10.6 Å². The monoisotopic (exact) mass is 416 g/mol. The molecule has 1 aliphatic rings. The van der Waals surface area contributed by atoms with Crippen molar-refractivity contribution in [2.45, 2.75) is 46.6 Å². The third kappa shape index (κ3) is 5.17. The molecule has 5 nitrogen and oxygen atoms in total. The van der Waals surface area contributed by atoms with Crippen LogP contribution in [0.15, 0.2) is 30.3 Å². The summed E-state index contributed by atoms with van der Waals surface area (Å²) in [7, 11) is 1.50. The predicted octanol–water partition coefficient (Wildman–Crippen LogP) is 4.97. The molecule has 0 aliphatic heterocycles. The fourth-order valence-corrected chi connectivity index (χ4v) is 3.09. The molecule has 3 rings (SSSR count). The Morgan fingerprint density at radius 1 is 1.10 bits per heavy atom. The molecule has 1 fully saturated rings. The van der Waals surface area contributed by atoms with Gasteiger partial charge >= 0.3 is 0 Å². The van der Waals surface area contributed by atoms with E-state index in [1.165, 1.54) is 13.2 Å². The van der Waals surface area contributed by atoms with Crippen LogP contribution in [-0.4, -0.2) is 31.5 Å². The molecule has 0 heterocycles. The molecule has 2 amide bonds. The van der Waals surface area contributed by atoms with Crippen LogP contribution in [-0.2, 0) is 0 Å². The Bertz CT molecular complexity index is 986. The molecule has 2 N–H and O–H groups in total. The number of carbonyl (C=O) groups excluding carboxylic acids is 2. The fourth-order valence-electron chi connectivity index (χ4n) is 3.09. The van der Waals surface area contributed by atoms with Crippen LogP contribution in [0, 0.1) is 18.2 Å². The minimum atomic E-state index is -0.456. The lowest BCUT2D eigenvalue weighted by Crippen LogP contribution is -2.32. The summed E-state index contributed by atoms with van der Waals surface area (Å²) in [6, 6.07) is 8.18. The summed E-state index contributed by atoms with van der Waals surface area (Å²) in [5.74, 6) is -0.492. The van der Waals surface area contributed by atoms with Crippen LogP contribution in [0.1, 0.15) is 62.7 Å². The van der Waals surface area contributed by atoms with Gasteiger partial charge in [0.2, 0.25) is 0 Å². The lowest BCUT2D eigenvalue weighted by atomic mass is 9.95. The topological polar surface area (TPSA) is 67.4 Å². The van der Waals surface area contributed by atoms with Crippen molar-refractivity contribution >= 4 is 11.8 Å². The van der Waals surface area contributed by atoms with Gasteiger partial charge in [0.15, 0.2) is 0 Å². The Morgan fingerprint density at radius 3 is 2.40 bits per heavy atom. The Kier molecular flexibility index (Phi) is 6.15. The molecule has 2 aromatic rings. The second-order valence-corrected chi connectivity index (χ2v) is 9.04. The highest BCUT2D eigenvalue weighted by Crippen LogP contribution is 2.35. The summed E-state index contributed by atoms with van der Waals surface area (Å²) >= 11 is 0. The molecule has 2 aromatic carbocycles. The quantitative estimate of drug-likeness (QED) is 0.699. The van der Waals surface area contributed by atoms with E-state index in [1.54, 1.807) is 31.2 Å². The zero-order valence-electron chi connectivity index (χ0n) is 18.2. The smallest absolute Gasteiger partial charge is 0.251 e. The second kappa shape index (κ2) is 8.46. The van der Waals surface area contributed by atoms with E-state index in [0.717, 1.165) is 12.8 Å². The maximum absolute atomic E-state index is 14.6. The average molecular weight is 417 g/mol. The maximum Gasteiger partial charge on any atom is 0.251 e. The van der Waals surface area contributed by atoms with Crippen LogP contribution >= 0.6 is 0 Å². The van der Waals surface area contributed by atoms with E-state index < -0.39 is 5.82 Å². The molecular weight excluding hydrogens is 383 g/mol. The van der Waals surface area contributed by atoms with Gasteiger partial charge in [0.1, 0.15) is 11.6 Å². The van der Waals surface area contributed by atoms with Gasteiger partial charge in [0.25, 0.3) is 11.8 Å². The normalized spacial score (nSPS) is 13.7. The summed E-state index contributed by atoms with van der Waals surface area (Å²) in [6.07, 6.45) is 1.92. The Balaban J connectivity index is 0.00000256. The molecule has 0 radical (unpaired) electrons. The molecular formula is C24H33FN2O3. The predicted molar refractivity (Wildman–Crippen MR) is 120 cm³/mol. The fraction of sp³-hybridized carbons (Fsp3) is 0.417. The molecule has 30 heavy (non-hydrogen) atoms. The molecule has 0 bridgehead atoms. The first-order valence-electron chi connectivity index (χ1n) is 10.2. The zero-order chi connectivity index (χ0) is 22.1. The molecule has 0 aromatic heterocycles. The van der Waals surface area contributed by atoms with Gasteiger partial charge < -0.3 is 15.4 Å². The van der Waals surface area contributed by atoms with Gasteiger partial charge in [-0.15, -0.1) is 0 Å². The highest BCUT2D eigenvalue weighted by molar-refractivity contribution is 5.98. The Morgan fingerprint density at radius 2 is 1.80 bits per heavy atom. The van der Waals surface area contributed by atoms with Gasteiger partial charge in [0, 0.05) is 32.1 Å². The summed E-state index contributed by atoms with van der Waals surface area (Å²) in [4.78, 5) is 24.9. The van der Waals surface area contributed by atoms with Crippen molar-refractivity contribution in [1.82, 2.24) is 10.6 Å². The molecule has 164 valence electrons. The van der Waals surface area contributed by atoms with Crippen molar-refractivity contribution in [3.8, 4) is 16.9 Å². The summed E-state index contributed by atoms with van der Waals surface area (Å²) in [5, 5.41) is 5.80. The number of nitrogens with one attached hydrogen (secondary N) is 2. The van der Waals surface area contributed by atoms with Crippen LogP contribution in [0.4, 0.5) is 4.39 Å². The number of rotatable bonds is 6. The number of hydrogen-bond acceptors (Lipinski definition) is 3. The van der Waals surface area contributed by atoms with Gasteiger partial charge in [-0.2, -0.15) is 0 Å². The van der Waals surface area contributed by atoms with Gasteiger partial charge in [-0.3, -0.25) is 9.59 Å². The lowest BCUT2D eigenvalue weighted by Gasteiger charge is -2.19. The molecule has 0 unspecified atom stereocenters. The molecule has 1 saturated carbocycles. The van der Waals surface area contributed by atoms with Crippen LogP contribution in [0.3, 0.4) is 0 Å². The van der Waals surface area contributed by atoms with Crippen molar-refractivity contribution in [3.05, 3.63) is 52.8 Å². The summed E-state index contributed by atoms with van der Waals surface area (Å²) in [5.41, 5.74) is 2.31. The van der Waals surface area contributed by atoms with Crippen molar-refractivity contribution in [2.75, 3.05) is 13.7 Å². The Labute approximate surface area is 180 Å². The number of methoxy groups -OCH3 is 1. The van der Waals surface area contributed by atoms with Gasteiger partial charge in [-0.25, -0.2) is 4.39 Å². The van der Waals surface area contributed by atoms with Crippen molar-refractivity contribution < 1.29 is 21.6 Å². The highest BCUT2D eigenvalue weighted by atomic mass is 19.1. The van der Waals surface area contributed by atoms with E-state index in [-0.39, 0.29) is 31.7 Å². The second-order valence-electron chi connectivity index (χ2n) is 9.04. The highest BCUT2D eigenvalue weighted by Gasteiger charge is 2.25. The van der Waals surface area contributed by atoms with Crippen molar-refractivity contribution in [1.29, 1.82) is 0 Å². The standard InChI is InChI=1S/C24H29FN2O3.2H2/c1-14-19(10-16(11-20(14)25)23(29)27-17-7-8-17)18-9-6-15(12-21(18)30-5)22(28)26-13-24(2,3)4;;/h6,9-12,17H,7-8,13H2,1-5H3,(H,26,28)(H,27,29);2*1H. The molecule has 0 atom stereocenters. The molecule has 6 heteroatoms. The number of hydrogen-bond donors (Lipinski definition) is 2. The number of amides is 2.